The number of ether oxygens (including phenoxy) is 1. The van der Waals surface area contributed by atoms with Gasteiger partial charge in [0.15, 0.2) is 5.65 Å². The molecule has 0 amide bonds. The minimum absolute atomic E-state index is 0.0656. The fourth-order valence-electron chi connectivity index (χ4n) is 3.82. The minimum atomic E-state index is -3.83. The Balaban J connectivity index is 2.21. The number of fused-ring (bicyclic) bond motifs is 1. The summed E-state index contributed by atoms with van der Waals surface area (Å²) in [5, 5.41) is 4.62. The molecule has 0 saturated heterocycles. The van der Waals surface area contributed by atoms with Crippen LogP contribution < -0.4 is 0 Å². The van der Waals surface area contributed by atoms with Crippen LogP contribution in [0.2, 0.25) is 0 Å². The van der Waals surface area contributed by atoms with E-state index >= 15 is 0 Å². The Kier molecular flexibility index (Phi) is 7.03. The van der Waals surface area contributed by atoms with Crippen molar-refractivity contribution in [1.82, 2.24) is 14.6 Å². The lowest BCUT2D eigenvalue weighted by Crippen LogP contribution is -2.13. The van der Waals surface area contributed by atoms with E-state index in [1.54, 1.807) is 30.5 Å². The van der Waals surface area contributed by atoms with E-state index < -0.39 is 9.84 Å². The van der Waals surface area contributed by atoms with Crippen LogP contribution in [0.5, 0.6) is 0 Å². The van der Waals surface area contributed by atoms with Crippen molar-refractivity contribution in [3.63, 3.8) is 0 Å². The summed E-state index contributed by atoms with van der Waals surface area (Å²) in [6.45, 7) is 11.8. The third-order valence-corrected chi connectivity index (χ3v) is 7.44. The average Bonchev–Trinajstić information content (AvgIpc) is 3.10. The molecule has 0 saturated carbocycles. The summed E-state index contributed by atoms with van der Waals surface area (Å²) >= 11 is 0. The quantitative estimate of drug-likeness (QED) is 0.467. The molecular formula is C24H31N3O4S. The van der Waals surface area contributed by atoms with Crippen LogP contribution in [0.4, 0.5) is 0 Å². The van der Waals surface area contributed by atoms with Crippen LogP contribution in [-0.2, 0) is 32.2 Å². The second-order valence-corrected chi connectivity index (χ2v) is 10.1. The van der Waals surface area contributed by atoms with Gasteiger partial charge in [-0.25, -0.2) is 17.9 Å². The van der Waals surface area contributed by atoms with Crippen molar-refractivity contribution >= 4 is 21.5 Å². The largest absolute Gasteiger partial charge is 0.466 e. The molecule has 7 nitrogen and oxygen atoms in total. The molecule has 0 fully saturated rings. The Bertz CT molecular complexity index is 1240. The normalized spacial score (nSPS) is 12.0. The van der Waals surface area contributed by atoms with Crippen LogP contribution in [0.15, 0.2) is 34.1 Å². The number of aryl methyl sites for hydroxylation is 3. The lowest BCUT2D eigenvalue weighted by molar-refractivity contribution is -0.142. The summed E-state index contributed by atoms with van der Waals surface area (Å²) in [5.74, 6) is -0.0388. The molecular weight excluding hydrogens is 426 g/mol. The maximum Gasteiger partial charge on any atom is 0.310 e. The van der Waals surface area contributed by atoms with Crippen LogP contribution in [0, 0.1) is 13.8 Å². The molecule has 0 N–H and O–H groups in total. The highest BCUT2D eigenvalue weighted by atomic mass is 32.2. The second kappa shape index (κ2) is 9.40. The smallest absolute Gasteiger partial charge is 0.310 e. The third kappa shape index (κ3) is 4.41. The van der Waals surface area contributed by atoms with Gasteiger partial charge in [-0.2, -0.15) is 5.10 Å². The SMILES string of the molecule is CCCc1nn2c(C)c(CC(=O)OCC)c(C)nc2c1S(=O)(=O)c1ccc(C(C)C)cc1. The molecule has 172 valence electrons. The summed E-state index contributed by atoms with van der Waals surface area (Å²) in [4.78, 5) is 17.0. The number of rotatable bonds is 8. The number of hydrogen-bond acceptors (Lipinski definition) is 6. The van der Waals surface area contributed by atoms with Gasteiger partial charge in [-0.3, -0.25) is 4.79 Å². The summed E-state index contributed by atoms with van der Waals surface area (Å²) in [6.07, 6.45) is 1.32. The van der Waals surface area contributed by atoms with E-state index in [-0.39, 0.29) is 22.2 Å². The predicted molar refractivity (Wildman–Crippen MR) is 123 cm³/mol. The number of carbonyl (C=O) groups is 1. The van der Waals surface area contributed by atoms with Crippen LogP contribution in [0.1, 0.15) is 68.2 Å². The molecule has 32 heavy (non-hydrogen) atoms. The summed E-state index contributed by atoms with van der Waals surface area (Å²) in [6, 6.07) is 7.01. The van der Waals surface area contributed by atoms with Gasteiger partial charge in [0, 0.05) is 17.0 Å². The first-order valence-electron chi connectivity index (χ1n) is 11.0. The number of sulfone groups is 1. The van der Waals surface area contributed by atoms with Gasteiger partial charge in [0.1, 0.15) is 4.90 Å². The van der Waals surface area contributed by atoms with Crippen molar-refractivity contribution in [2.75, 3.05) is 6.61 Å². The Morgan fingerprint density at radius 3 is 2.34 bits per heavy atom. The Hall–Kier alpha value is -2.74. The zero-order valence-corrected chi connectivity index (χ0v) is 20.4. The highest BCUT2D eigenvalue weighted by molar-refractivity contribution is 7.91. The highest BCUT2D eigenvalue weighted by Crippen LogP contribution is 2.31. The first-order chi connectivity index (χ1) is 15.1. The van der Waals surface area contributed by atoms with Crippen molar-refractivity contribution in [3.8, 4) is 0 Å². The molecule has 0 atom stereocenters. The fraction of sp³-hybridized carbons (Fsp3) is 0.458. The van der Waals surface area contributed by atoms with Gasteiger partial charge >= 0.3 is 5.97 Å². The molecule has 0 aliphatic rings. The average molecular weight is 458 g/mol. The van der Waals surface area contributed by atoms with Gasteiger partial charge in [0.05, 0.1) is 23.6 Å². The highest BCUT2D eigenvalue weighted by Gasteiger charge is 2.30. The predicted octanol–water partition coefficient (Wildman–Crippen LogP) is 4.36. The summed E-state index contributed by atoms with van der Waals surface area (Å²) in [7, 11) is -3.83. The fourth-order valence-corrected chi connectivity index (χ4v) is 5.38. The molecule has 0 aliphatic heterocycles. The third-order valence-electron chi connectivity index (χ3n) is 5.59. The number of nitrogens with zero attached hydrogens (tertiary/aromatic N) is 3. The topological polar surface area (TPSA) is 90.6 Å². The summed E-state index contributed by atoms with van der Waals surface area (Å²) < 4.78 is 34.0. The second-order valence-electron chi connectivity index (χ2n) is 8.23. The van der Waals surface area contributed by atoms with Gasteiger partial charge in [0.2, 0.25) is 9.84 Å². The number of aromatic nitrogens is 3. The molecule has 2 heterocycles. The molecule has 8 heteroatoms. The Morgan fingerprint density at radius 2 is 1.78 bits per heavy atom. The molecule has 0 aliphatic carbocycles. The van der Waals surface area contributed by atoms with Crippen molar-refractivity contribution < 1.29 is 17.9 Å². The zero-order chi connectivity index (χ0) is 23.6. The molecule has 3 rings (SSSR count). The maximum atomic E-state index is 13.7. The van der Waals surface area contributed by atoms with Crippen LogP contribution in [-0.4, -0.2) is 35.6 Å². The maximum absolute atomic E-state index is 13.7. The number of hydrogen-bond donors (Lipinski definition) is 0. The van der Waals surface area contributed by atoms with Crippen LogP contribution in [0.3, 0.4) is 0 Å². The van der Waals surface area contributed by atoms with Crippen molar-refractivity contribution in [2.24, 2.45) is 0 Å². The molecule has 0 radical (unpaired) electrons. The molecule has 2 aromatic heterocycles. The first-order valence-corrected chi connectivity index (χ1v) is 12.5. The van der Waals surface area contributed by atoms with E-state index in [9.17, 15) is 13.2 Å². The number of carbonyl (C=O) groups excluding carboxylic acids is 1. The molecule has 3 aromatic rings. The standard InChI is InChI=1S/C24H31N3O4S/c1-7-9-21-23(32(29,30)19-12-10-18(11-13-19)15(3)4)24-25-16(5)20(14-22(28)31-8-2)17(6)27(24)26-21/h10-13,15H,7-9,14H2,1-6H3. The van der Waals surface area contributed by atoms with Gasteiger partial charge in [-0.05, 0) is 50.8 Å². The van der Waals surface area contributed by atoms with E-state index in [1.807, 2.05) is 26.0 Å². The van der Waals surface area contributed by atoms with E-state index in [2.05, 4.69) is 23.9 Å². The number of esters is 1. The van der Waals surface area contributed by atoms with Gasteiger partial charge in [-0.1, -0.05) is 39.3 Å². The van der Waals surface area contributed by atoms with Crippen molar-refractivity contribution in [1.29, 1.82) is 0 Å². The van der Waals surface area contributed by atoms with Crippen LogP contribution >= 0.6 is 0 Å². The van der Waals surface area contributed by atoms with E-state index in [4.69, 9.17) is 4.74 Å². The van der Waals surface area contributed by atoms with Gasteiger partial charge in [-0.15, -0.1) is 0 Å². The minimum Gasteiger partial charge on any atom is -0.466 e. The monoisotopic (exact) mass is 457 g/mol. The molecule has 0 unspecified atom stereocenters. The van der Waals surface area contributed by atoms with E-state index in [0.29, 0.717) is 47.2 Å². The Morgan fingerprint density at radius 1 is 1.12 bits per heavy atom. The zero-order valence-electron chi connectivity index (χ0n) is 19.6. The van der Waals surface area contributed by atoms with E-state index in [0.717, 1.165) is 12.0 Å². The summed E-state index contributed by atoms with van der Waals surface area (Å²) in [5.41, 5.74) is 3.84. The Labute approximate surface area is 189 Å². The first kappa shape index (κ1) is 23.9. The lowest BCUT2D eigenvalue weighted by Gasteiger charge is -2.11. The number of benzene rings is 1. The van der Waals surface area contributed by atoms with Crippen LogP contribution in [0.25, 0.3) is 5.65 Å². The van der Waals surface area contributed by atoms with E-state index in [1.165, 1.54) is 0 Å². The molecule has 0 spiro atoms. The van der Waals surface area contributed by atoms with Crippen molar-refractivity contribution in [3.05, 3.63) is 52.5 Å². The van der Waals surface area contributed by atoms with Gasteiger partial charge < -0.3 is 4.74 Å². The van der Waals surface area contributed by atoms with Crippen molar-refractivity contribution in [2.45, 2.75) is 76.5 Å². The lowest BCUT2D eigenvalue weighted by atomic mass is 10.0. The molecule has 1 aromatic carbocycles. The molecule has 0 bridgehead atoms. The van der Waals surface area contributed by atoms with Gasteiger partial charge in [0.25, 0.3) is 0 Å².